The molecule has 0 aliphatic heterocycles. The zero-order valence-corrected chi connectivity index (χ0v) is 13.3. The molecule has 0 saturated carbocycles. The molecule has 1 amide bonds. The van der Waals surface area contributed by atoms with Crippen molar-refractivity contribution in [3.05, 3.63) is 29.8 Å². The first-order valence-corrected chi connectivity index (χ1v) is 7.07. The first kappa shape index (κ1) is 19.1. The van der Waals surface area contributed by atoms with Crippen LogP contribution in [0.2, 0.25) is 0 Å². The van der Waals surface area contributed by atoms with Crippen molar-refractivity contribution < 1.29 is 27.4 Å². The van der Waals surface area contributed by atoms with E-state index in [4.69, 9.17) is 4.74 Å². The molecule has 2 N–H and O–H groups in total. The Morgan fingerprint density at radius 1 is 1.17 bits per heavy atom. The van der Waals surface area contributed by atoms with Gasteiger partial charge in [0.2, 0.25) is 0 Å². The van der Waals surface area contributed by atoms with Gasteiger partial charge in [-0.1, -0.05) is 12.1 Å². The van der Waals surface area contributed by atoms with Gasteiger partial charge < -0.3 is 20.1 Å². The highest BCUT2D eigenvalue weighted by Crippen LogP contribution is 2.23. The largest absolute Gasteiger partial charge is 0.573 e. The van der Waals surface area contributed by atoms with Gasteiger partial charge in [-0.2, -0.15) is 0 Å². The number of nitrogens with one attached hydrogen (secondary N) is 2. The molecule has 0 radical (unpaired) electrons. The molecule has 1 aromatic rings. The van der Waals surface area contributed by atoms with Crippen LogP contribution in [0.3, 0.4) is 0 Å². The Balaban J connectivity index is 2.28. The zero-order valence-electron chi connectivity index (χ0n) is 13.3. The summed E-state index contributed by atoms with van der Waals surface area (Å²) in [6.45, 7) is 6.44. The van der Waals surface area contributed by atoms with E-state index < -0.39 is 18.1 Å². The van der Waals surface area contributed by atoms with E-state index in [9.17, 15) is 18.0 Å². The van der Waals surface area contributed by atoms with Gasteiger partial charge in [0.15, 0.2) is 0 Å². The van der Waals surface area contributed by atoms with Gasteiger partial charge in [-0.25, -0.2) is 4.79 Å². The molecule has 5 nitrogen and oxygen atoms in total. The maximum atomic E-state index is 12.1. The number of alkyl halides is 3. The normalized spacial score (nSPS) is 11.9. The van der Waals surface area contributed by atoms with Gasteiger partial charge >= 0.3 is 12.5 Å². The summed E-state index contributed by atoms with van der Waals surface area (Å²) in [4.78, 5) is 11.4. The Bertz CT molecular complexity index is 513. The Hall–Kier alpha value is -1.96. The van der Waals surface area contributed by atoms with Crippen LogP contribution < -0.4 is 15.4 Å². The van der Waals surface area contributed by atoms with Gasteiger partial charge in [-0.3, -0.25) is 0 Å². The molecule has 23 heavy (non-hydrogen) atoms. The summed E-state index contributed by atoms with van der Waals surface area (Å²) >= 11 is 0. The smallest absolute Gasteiger partial charge is 0.444 e. The van der Waals surface area contributed by atoms with Gasteiger partial charge in [-0.15, -0.1) is 13.2 Å². The second-order valence-corrected chi connectivity index (χ2v) is 5.80. The maximum Gasteiger partial charge on any atom is 0.573 e. The lowest BCUT2D eigenvalue weighted by molar-refractivity contribution is -0.274. The van der Waals surface area contributed by atoms with Crippen LogP contribution in [0.4, 0.5) is 18.0 Å². The van der Waals surface area contributed by atoms with E-state index in [1.165, 1.54) is 18.2 Å². The predicted molar refractivity (Wildman–Crippen MR) is 79.1 cm³/mol. The third kappa shape index (κ3) is 9.62. The van der Waals surface area contributed by atoms with E-state index >= 15 is 0 Å². The monoisotopic (exact) mass is 334 g/mol. The summed E-state index contributed by atoms with van der Waals surface area (Å²) < 4.78 is 45.3. The molecule has 130 valence electrons. The Kier molecular flexibility index (Phi) is 6.68. The first-order valence-electron chi connectivity index (χ1n) is 7.07. The molecule has 0 saturated heterocycles. The topological polar surface area (TPSA) is 59.6 Å². The number of halogens is 3. The number of alkyl carbamates (subject to hydrolysis) is 1. The number of carbonyl (C=O) groups excluding carboxylic acids is 1. The Morgan fingerprint density at radius 3 is 2.48 bits per heavy atom. The van der Waals surface area contributed by atoms with Crippen LogP contribution in [0.5, 0.6) is 5.75 Å². The molecule has 0 atom stereocenters. The molecule has 0 aliphatic rings. The summed E-state index contributed by atoms with van der Waals surface area (Å²) in [5, 5.41) is 5.57. The van der Waals surface area contributed by atoms with Crippen LogP contribution >= 0.6 is 0 Å². The van der Waals surface area contributed by atoms with Crippen molar-refractivity contribution >= 4 is 6.09 Å². The van der Waals surface area contributed by atoms with E-state index in [1.807, 2.05) is 0 Å². The van der Waals surface area contributed by atoms with Crippen molar-refractivity contribution in [1.29, 1.82) is 0 Å². The van der Waals surface area contributed by atoms with Gasteiger partial charge in [0.1, 0.15) is 11.4 Å². The minimum Gasteiger partial charge on any atom is -0.444 e. The van der Waals surface area contributed by atoms with Gasteiger partial charge in [0, 0.05) is 19.6 Å². The number of amides is 1. The summed E-state index contributed by atoms with van der Waals surface area (Å²) in [6, 6.07) is 5.71. The lowest BCUT2D eigenvalue weighted by atomic mass is 10.2. The van der Waals surface area contributed by atoms with Crippen molar-refractivity contribution in [3.8, 4) is 5.75 Å². The molecule has 0 bridgehead atoms. The molecule has 1 rings (SSSR count). The minimum atomic E-state index is -4.70. The van der Waals surface area contributed by atoms with Crippen LogP contribution in [0.25, 0.3) is 0 Å². The quantitative estimate of drug-likeness (QED) is 0.785. The van der Waals surface area contributed by atoms with Crippen molar-refractivity contribution in [2.24, 2.45) is 0 Å². The number of ether oxygens (including phenoxy) is 2. The van der Waals surface area contributed by atoms with Crippen molar-refractivity contribution in [2.45, 2.75) is 39.3 Å². The zero-order chi connectivity index (χ0) is 17.5. The fourth-order valence-electron chi connectivity index (χ4n) is 1.65. The lowest BCUT2D eigenvalue weighted by Crippen LogP contribution is -2.36. The molecule has 0 aromatic heterocycles. The van der Waals surface area contributed by atoms with E-state index in [1.54, 1.807) is 26.8 Å². The van der Waals surface area contributed by atoms with E-state index in [2.05, 4.69) is 15.4 Å². The average Bonchev–Trinajstić information content (AvgIpc) is 2.34. The molecule has 8 heteroatoms. The summed E-state index contributed by atoms with van der Waals surface area (Å²) in [5.74, 6) is -0.260. The van der Waals surface area contributed by atoms with Gasteiger partial charge in [0.05, 0.1) is 0 Å². The van der Waals surface area contributed by atoms with E-state index in [0.717, 1.165) is 0 Å². The Morgan fingerprint density at radius 2 is 1.87 bits per heavy atom. The average molecular weight is 334 g/mol. The lowest BCUT2D eigenvalue weighted by Gasteiger charge is -2.19. The highest BCUT2D eigenvalue weighted by Gasteiger charge is 2.31. The third-order valence-electron chi connectivity index (χ3n) is 2.43. The van der Waals surface area contributed by atoms with Crippen LogP contribution in [-0.4, -0.2) is 31.1 Å². The predicted octanol–water partition coefficient (Wildman–Crippen LogP) is 3.20. The molecule has 0 fully saturated rings. The second kappa shape index (κ2) is 8.05. The SMILES string of the molecule is CC(C)(C)OC(=O)NCCNCc1cccc(OC(F)(F)F)c1. The molecule has 0 heterocycles. The van der Waals surface area contributed by atoms with Crippen LogP contribution in [0.15, 0.2) is 24.3 Å². The standard InChI is InChI=1S/C15H21F3N2O3/c1-14(2,3)23-13(21)20-8-7-19-10-11-5-4-6-12(9-11)22-15(16,17)18/h4-6,9,19H,7-8,10H2,1-3H3,(H,20,21). The number of hydrogen-bond donors (Lipinski definition) is 2. The highest BCUT2D eigenvalue weighted by atomic mass is 19.4. The van der Waals surface area contributed by atoms with Gasteiger partial charge in [0.25, 0.3) is 0 Å². The van der Waals surface area contributed by atoms with E-state index in [-0.39, 0.29) is 5.75 Å². The van der Waals surface area contributed by atoms with Crippen LogP contribution in [0.1, 0.15) is 26.3 Å². The summed E-state index contributed by atoms with van der Waals surface area (Å²) in [7, 11) is 0. The van der Waals surface area contributed by atoms with Crippen LogP contribution in [0, 0.1) is 0 Å². The number of benzene rings is 1. The van der Waals surface area contributed by atoms with E-state index in [0.29, 0.717) is 25.2 Å². The molecule has 0 unspecified atom stereocenters. The van der Waals surface area contributed by atoms with Crippen molar-refractivity contribution in [2.75, 3.05) is 13.1 Å². The molecule has 1 aromatic carbocycles. The van der Waals surface area contributed by atoms with Crippen LogP contribution in [-0.2, 0) is 11.3 Å². The molecule has 0 spiro atoms. The fourth-order valence-corrected chi connectivity index (χ4v) is 1.65. The summed E-state index contributed by atoms with van der Waals surface area (Å²) in [5.41, 5.74) is 0.0835. The van der Waals surface area contributed by atoms with Crippen molar-refractivity contribution in [1.82, 2.24) is 10.6 Å². The minimum absolute atomic E-state index is 0.260. The number of carbonyl (C=O) groups is 1. The molecule has 0 aliphatic carbocycles. The third-order valence-corrected chi connectivity index (χ3v) is 2.43. The highest BCUT2D eigenvalue weighted by molar-refractivity contribution is 5.67. The number of hydrogen-bond acceptors (Lipinski definition) is 4. The number of rotatable bonds is 6. The second-order valence-electron chi connectivity index (χ2n) is 5.80. The van der Waals surface area contributed by atoms with Gasteiger partial charge in [-0.05, 0) is 38.5 Å². The Labute approximate surface area is 133 Å². The summed E-state index contributed by atoms with van der Waals surface area (Å²) in [6.07, 6.45) is -5.22. The molecular weight excluding hydrogens is 313 g/mol. The first-order chi connectivity index (χ1) is 10.6. The van der Waals surface area contributed by atoms with Crippen molar-refractivity contribution in [3.63, 3.8) is 0 Å². The maximum absolute atomic E-state index is 12.1. The molecular formula is C15H21F3N2O3. The fraction of sp³-hybridized carbons (Fsp3) is 0.533.